The van der Waals surface area contributed by atoms with Crippen LogP contribution in [0, 0.1) is 0 Å². The predicted molar refractivity (Wildman–Crippen MR) is 103 cm³/mol. The zero-order chi connectivity index (χ0) is 19.2. The van der Waals surface area contributed by atoms with E-state index in [1.54, 1.807) is 33.3 Å². The highest BCUT2D eigenvalue weighted by atomic mass is 32.1. The van der Waals surface area contributed by atoms with Crippen molar-refractivity contribution in [3.05, 3.63) is 41.0 Å². The third kappa shape index (κ3) is 2.88. The second-order valence-corrected chi connectivity index (χ2v) is 7.88. The van der Waals surface area contributed by atoms with E-state index in [4.69, 9.17) is 0 Å². The summed E-state index contributed by atoms with van der Waals surface area (Å²) in [5.41, 5.74) is 1.00. The van der Waals surface area contributed by atoms with Crippen LogP contribution >= 0.6 is 11.3 Å². The Morgan fingerprint density at radius 1 is 1.30 bits per heavy atom. The molecule has 0 aromatic carbocycles. The lowest BCUT2D eigenvalue weighted by Crippen LogP contribution is -2.40. The topological polar surface area (TPSA) is 96.2 Å². The summed E-state index contributed by atoms with van der Waals surface area (Å²) >= 11 is 1.56. The van der Waals surface area contributed by atoms with Crippen LogP contribution in [0.15, 0.2) is 30.6 Å². The number of fused-ring (bicyclic) bond motifs is 1. The van der Waals surface area contributed by atoms with E-state index < -0.39 is 5.54 Å². The van der Waals surface area contributed by atoms with Gasteiger partial charge in [-0.25, -0.2) is 9.97 Å². The highest BCUT2D eigenvalue weighted by Crippen LogP contribution is 2.45. The van der Waals surface area contributed by atoms with E-state index in [9.17, 15) is 9.90 Å². The van der Waals surface area contributed by atoms with Crippen LogP contribution in [0.4, 0.5) is 11.8 Å². The van der Waals surface area contributed by atoms with Crippen LogP contribution in [-0.4, -0.2) is 48.8 Å². The highest BCUT2D eigenvalue weighted by Gasteiger charge is 2.44. The van der Waals surface area contributed by atoms with Gasteiger partial charge >= 0.3 is 0 Å². The Bertz CT molecular complexity index is 1010. The van der Waals surface area contributed by atoms with E-state index in [-0.39, 0.29) is 12.5 Å². The lowest BCUT2D eigenvalue weighted by atomic mass is 10.0. The molecule has 1 amide bonds. The normalized spacial score (nSPS) is 15.3. The number of rotatable bonds is 5. The number of carbonyl (C=O) groups is 1. The minimum Gasteiger partial charge on any atom is -0.395 e. The summed E-state index contributed by atoms with van der Waals surface area (Å²) in [5.74, 6) is 1.21. The first kappa shape index (κ1) is 17.6. The summed E-state index contributed by atoms with van der Waals surface area (Å²) < 4.78 is 1.70. The molecule has 1 aliphatic heterocycles. The zero-order valence-electron chi connectivity index (χ0n) is 15.3. The minimum atomic E-state index is -0.444. The zero-order valence-corrected chi connectivity index (χ0v) is 16.1. The van der Waals surface area contributed by atoms with Gasteiger partial charge in [0.15, 0.2) is 0 Å². The van der Waals surface area contributed by atoms with Gasteiger partial charge in [0, 0.05) is 30.7 Å². The molecule has 0 radical (unpaired) electrons. The first-order valence-electron chi connectivity index (χ1n) is 8.57. The Hall–Kier alpha value is -2.78. The summed E-state index contributed by atoms with van der Waals surface area (Å²) in [6.07, 6.45) is 3.39. The molecule has 3 aromatic rings. The summed E-state index contributed by atoms with van der Waals surface area (Å²) in [5, 5.41) is 16.5. The number of anilines is 2. The molecule has 4 rings (SSSR count). The summed E-state index contributed by atoms with van der Waals surface area (Å²) in [4.78, 5) is 25.2. The molecule has 140 valence electrons. The van der Waals surface area contributed by atoms with Crippen molar-refractivity contribution in [1.82, 2.24) is 24.6 Å². The van der Waals surface area contributed by atoms with Crippen molar-refractivity contribution in [2.75, 3.05) is 18.5 Å². The van der Waals surface area contributed by atoms with Crippen LogP contribution in [0.5, 0.6) is 0 Å². The van der Waals surface area contributed by atoms with E-state index in [2.05, 4.69) is 20.4 Å². The maximum Gasteiger partial charge on any atom is 0.255 e. The maximum atomic E-state index is 12.7. The number of aliphatic hydroxyl groups is 1. The molecule has 0 unspecified atom stereocenters. The first-order valence-corrected chi connectivity index (χ1v) is 9.39. The van der Waals surface area contributed by atoms with Crippen LogP contribution in [-0.2, 0) is 12.6 Å². The van der Waals surface area contributed by atoms with Crippen LogP contribution in [0.1, 0.15) is 29.1 Å². The number of aliphatic hydroxyl groups excluding tert-OH is 1. The quantitative estimate of drug-likeness (QED) is 0.701. The highest BCUT2D eigenvalue weighted by molar-refractivity contribution is 7.16. The van der Waals surface area contributed by atoms with Crippen LogP contribution in [0.2, 0.25) is 0 Å². The van der Waals surface area contributed by atoms with E-state index in [0.717, 1.165) is 21.3 Å². The van der Waals surface area contributed by atoms with Crippen molar-refractivity contribution in [3.63, 3.8) is 0 Å². The molecule has 2 N–H and O–H groups in total. The van der Waals surface area contributed by atoms with Crippen LogP contribution in [0.3, 0.4) is 0 Å². The average molecular weight is 384 g/mol. The number of hydrogen-bond donors (Lipinski definition) is 2. The van der Waals surface area contributed by atoms with Crippen molar-refractivity contribution >= 4 is 29.0 Å². The molecule has 9 heteroatoms. The van der Waals surface area contributed by atoms with E-state index in [0.29, 0.717) is 18.1 Å². The molecule has 8 nitrogen and oxygen atoms in total. The van der Waals surface area contributed by atoms with E-state index in [1.807, 2.05) is 39.1 Å². The summed E-state index contributed by atoms with van der Waals surface area (Å²) in [6.45, 7) is 4.28. The predicted octanol–water partition coefficient (Wildman–Crippen LogP) is 2.37. The fourth-order valence-electron chi connectivity index (χ4n) is 3.30. The van der Waals surface area contributed by atoms with Crippen molar-refractivity contribution in [3.8, 4) is 10.6 Å². The molecule has 0 spiro atoms. The van der Waals surface area contributed by atoms with Gasteiger partial charge in [-0.15, -0.1) is 11.3 Å². The Morgan fingerprint density at radius 2 is 2.11 bits per heavy atom. The Kier molecular flexibility index (Phi) is 4.20. The van der Waals surface area contributed by atoms with Gasteiger partial charge in [0.05, 0.1) is 34.5 Å². The number of hydrogen-bond acceptors (Lipinski definition) is 7. The largest absolute Gasteiger partial charge is 0.395 e. The van der Waals surface area contributed by atoms with Gasteiger partial charge in [-0.3, -0.25) is 9.48 Å². The van der Waals surface area contributed by atoms with Gasteiger partial charge in [-0.1, -0.05) is 0 Å². The Labute approximate surface area is 160 Å². The van der Waals surface area contributed by atoms with E-state index >= 15 is 0 Å². The smallest absolute Gasteiger partial charge is 0.255 e. The summed E-state index contributed by atoms with van der Waals surface area (Å²) in [7, 11) is 1.84. The lowest BCUT2D eigenvalue weighted by Gasteiger charge is -2.31. The Morgan fingerprint density at radius 3 is 2.78 bits per heavy atom. The fourth-order valence-corrected chi connectivity index (χ4v) is 4.53. The minimum absolute atomic E-state index is 0.0474. The van der Waals surface area contributed by atoms with Gasteiger partial charge in [0.1, 0.15) is 5.82 Å². The number of nitrogens with zero attached hydrogens (tertiary/aromatic N) is 5. The van der Waals surface area contributed by atoms with Crippen molar-refractivity contribution in [2.24, 2.45) is 7.05 Å². The second-order valence-electron chi connectivity index (χ2n) is 6.82. The second kappa shape index (κ2) is 6.43. The Balaban J connectivity index is 1.66. The third-order valence-electron chi connectivity index (χ3n) is 4.73. The molecule has 3 aromatic heterocycles. The lowest BCUT2D eigenvalue weighted by molar-refractivity contribution is 0.0565. The van der Waals surface area contributed by atoms with Crippen molar-refractivity contribution in [1.29, 1.82) is 0 Å². The van der Waals surface area contributed by atoms with Gasteiger partial charge in [-0.2, -0.15) is 5.10 Å². The number of aryl methyl sites for hydroxylation is 1. The molecule has 0 atom stereocenters. The van der Waals surface area contributed by atoms with Crippen LogP contribution in [0.25, 0.3) is 10.6 Å². The number of carbonyl (C=O) groups excluding carboxylic acids is 1. The number of thiophene rings is 1. The molecule has 0 bridgehead atoms. The molecule has 0 saturated heterocycles. The molecule has 1 aliphatic rings. The molecular weight excluding hydrogens is 364 g/mol. The number of amides is 1. The van der Waals surface area contributed by atoms with Crippen molar-refractivity contribution in [2.45, 2.75) is 19.4 Å². The molecule has 0 saturated carbocycles. The number of aromatic nitrogens is 4. The molecule has 0 aliphatic carbocycles. The molecule has 27 heavy (non-hydrogen) atoms. The summed E-state index contributed by atoms with van der Waals surface area (Å²) in [6, 6.07) is 5.56. The van der Waals surface area contributed by atoms with Gasteiger partial charge in [0.2, 0.25) is 5.95 Å². The number of nitrogens with one attached hydrogen (secondary N) is 1. The van der Waals surface area contributed by atoms with Gasteiger partial charge in [-0.05, 0) is 26.0 Å². The standard InChI is InChI=1S/C18H20N6O2S/c1-18(2)15-11(16(26)24(18)8-9-25)10-13(27-15)12-4-6-19-17(21-12)22-14-5-7-20-23(14)3/h4-7,10,25H,8-9H2,1-3H3,(H,19,21,22). The number of β-amino-alcohol motifs (C(OH)–C–C–N with tert-alkyl or cyclic N) is 1. The fraction of sp³-hybridized carbons (Fsp3) is 0.333. The SMILES string of the molecule is Cn1nccc1Nc1nccc(-c2cc3c(s2)C(C)(C)N(CCO)C3=O)n1. The van der Waals surface area contributed by atoms with Gasteiger partial charge in [0.25, 0.3) is 5.91 Å². The first-order chi connectivity index (χ1) is 12.9. The van der Waals surface area contributed by atoms with Crippen molar-refractivity contribution < 1.29 is 9.90 Å². The maximum absolute atomic E-state index is 12.7. The van der Waals surface area contributed by atoms with Gasteiger partial charge < -0.3 is 15.3 Å². The van der Waals surface area contributed by atoms with E-state index in [1.165, 1.54) is 0 Å². The molecule has 4 heterocycles. The molecular formula is C18H20N6O2S. The third-order valence-corrected chi connectivity index (χ3v) is 6.20. The average Bonchev–Trinajstić information content (AvgIpc) is 3.30. The monoisotopic (exact) mass is 384 g/mol. The van der Waals surface area contributed by atoms with Crippen LogP contribution < -0.4 is 5.32 Å². The molecule has 0 fully saturated rings.